The average Bonchev–Trinajstić information content (AvgIpc) is 2.49. The number of amides is 1. The molecule has 0 saturated carbocycles. The van der Waals surface area contributed by atoms with E-state index in [1.54, 1.807) is 0 Å². The molecular weight excluding hydrogens is 365 g/mol. The van der Waals surface area contributed by atoms with Gasteiger partial charge in [0.25, 0.3) is 5.91 Å². The van der Waals surface area contributed by atoms with E-state index in [9.17, 15) is 4.79 Å². The molecule has 106 valence electrons. The Balaban J connectivity index is 1.99. The van der Waals surface area contributed by atoms with Crippen LogP contribution in [0, 0.1) is 14.9 Å². The topological polar surface area (TPSA) is 47.3 Å². The highest BCUT2D eigenvalue weighted by Gasteiger charge is 2.26. The van der Waals surface area contributed by atoms with Crippen LogP contribution in [0.15, 0.2) is 24.3 Å². The zero-order chi connectivity index (χ0) is 14.5. The Bertz CT molecular complexity index is 518. The lowest BCUT2D eigenvalue weighted by molar-refractivity contribution is 0.0603. The third kappa shape index (κ3) is 3.30. The summed E-state index contributed by atoms with van der Waals surface area (Å²) in [6, 6.07) is 9.97. The van der Waals surface area contributed by atoms with Gasteiger partial charge in [0.15, 0.2) is 0 Å². The second-order valence-electron chi connectivity index (χ2n) is 4.86. The predicted octanol–water partition coefficient (Wildman–Crippen LogP) is 2.35. The van der Waals surface area contributed by atoms with Crippen molar-refractivity contribution in [2.45, 2.75) is 19.4 Å². The Kier molecular flexibility index (Phi) is 5.38. The van der Waals surface area contributed by atoms with Gasteiger partial charge in [0.05, 0.1) is 17.7 Å². The molecule has 1 atom stereocenters. The fraction of sp³-hybridized carbons (Fsp3) is 0.467. The minimum Gasteiger partial charge on any atom is -0.336 e. The minimum absolute atomic E-state index is 0.0240. The molecule has 5 heteroatoms. The fourth-order valence-corrected chi connectivity index (χ4v) is 3.09. The van der Waals surface area contributed by atoms with E-state index in [1.165, 1.54) is 0 Å². The summed E-state index contributed by atoms with van der Waals surface area (Å²) < 4.78 is 0.987. The standard InChI is InChI=1S/C15H18IN3O/c1-2-12(11-17)18-7-9-19(10-8-18)15(20)13-5-3-4-6-14(13)16/h3-6,12H,2,7-10H2,1H3. The largest absolute Gasteiger partial charge is 0.336 e. The molecule has 0 aromatic heterocycles. The summed E-state index contributed by atoms with van der Waals surface area (Å²) >= 11 is 2.20. The monoisotopic (exact) mass is 383 g/mol. The second kappa shape index (κ2) is 7.04. The van der Waals surface area contributed by atoms with E-state index in [2.05, 4.69) is 33.6 Å². The maximum absolute atomic E-state index is 12.5. The van der Waals surface area contributed by atoms with Gasteiger partial charge in [-0.15, -0.1) is 0 Å². The van der Waals surface area contributed by atoms with E-state index in [4.69, 9.17) is 5.26 Å². The van der Waals surface area contributed by atoms with Gasteiger partial charge in [-0.2, -0.15) is 5.26 Å². The minimum atomic E-state index is -0.0240. The van der Waals surface area contributed by atoms with Gasteiger partial charge in [-0.25, -0.2) is 0 Å². The first-order chi connectivity index (χ1) is 9.67. The van der Waals surface area contributed by atoms with Crippen LogP contribution in [-0.4, -0.2) is 47.9 Å². The number of carbonyl (C=O) groups excluding carboxylic acids is 1. The predicted molar refractivity (Wildman–Crippen MR) is 86.3 cm³/mol. The number of piperazine rings is 1. The highest BCUT2D eigenvalue weighted by molar-refractivity contribution is 14.1. The molecule has 2 rings (SSSR count). The summed E-state index contributed by atoms with van der Waals surface area (Å²) in [5.74, 6) is 0.0969. The average molecular weight is 383 g/mol. The first-order valence-corrected chi connectivity index (χ1v) is 7.92. The third-order valence-corrected chi connectivity index (χ3v) is 4.62. The van der Waals surface area contributed by atoms with Gasteiger partial charge in [-0.05, 0) is 41.1 Å². The maximum Gasteiger partial charge on any atom is 0.255 e. The lowest BCUT2D eigenvalue weighted by Gasteiger charge is -2.36. The molecule has 1 heterocycles. The van der Waals surface area contributed by atoms with Crippen molar-refractivity contribution in [1.29, 1.82) is 5.26 Å². The van der Waals surface area contributed by atoms with Gasteiger partial charge in [-0.1, -0.05) is 19.1 Å². The van der Waals surface area contributed by atoms with Crippen molar-refractivity contribution in [1.82, 2.24) is 9.80 Å². The summed E-state index contributed by atoms with van der Waals surface area (Å²) in [6.07, 6.45) is 0.834. The van der Waals surface area contributed by atoms with E-state index in [0.717, 1.165) is 28.6 Å². The number of nitrogens with zero attached hydrogens (tertiary/aromatic N) is 3. The second-order valence-corrected chi connectivity index (χ2v) is 6.02. The molecule has 20 heavy (non-hydrogen) atoms. The lowest BCUT2D eigenvalue weighted by Crippen LogP contribution is -2.51. The molecule has 1 saturated heterocycles. The number of nitriles is 1. The molecule has 1 aromatic rings. The summed E-state index contributed by atoms with van der Waals surface area (Å²) in [5.41, 5.74) is 0.772. The Morgan fingerprint density at radius 1 is 1.35 bits per heavy atom. The molecule has 0 spiro atoms. The van der Waals surface area contributed by atoms with Crippen molar-refractivity contribution in [3.05, 3.63) is 33.4 Å². The van der Waals surface area contributed by atoms with Gasteiger partial charge >= 0.3 is 0 Å². The van der Waals surface area contributed by atoms with Gasteiger partial charge in [0.1, 0.15) is 0 Å². The summed E-state index contributed by atoms with van der Waals surface area (Å²) in [6.45, 7) is 4.98. The van der Waals surface area contributed by atoms with Crippen molar-refractivity contribution >= 4 is 28.5 Å². The Hall–Kier alpha value is -1.13. The van der Waals surface area contributed by atoms with Crippen LogP contribution < -0.4 is 0 Å². The number of hydrogen-bond donors (Lipinski definition) is 0. The zero-order valence-corrected chi connectivity index (χ0v) is 13.7. The number of rotatable bonds is 3. The molecule has 0 radical (unpaired) electrons. The Morgan fingerprint density at radius 3 is 2.55 bits per heavy atom. The van der Waals surface area contributed by atoms with Crippen LogP contribution in [0.2, 0.25) is 0 Å². The van der Waals surface area contributed by atoms with Crippen LogP contribution >= 0.6 is 22.6 Å². The van der Waals surface area contributed by atoms with Crippen LogP contribution in [0.3, 0.4) is 0 Å². The number of halogens is 1. The molecule has 0 aliphatic carbocycles. The molecule has 1 amide bonds. The molecule has 4 nitrogen and oxygen atoms in total. The first-order valence-electron chi connectivity index (χ1n) is 6.84. The lowest BCUT2D eigenvalue weighted by atomic mass is 10.1. The maximum atomic E-state index is 12.5. The van der Waals surface area contributed by atoms with Crippen LogP contribution in [0.1, 0.15) is 23.7 Å². The van der Waals surface area contributed by atoms with Gasteiger partial charge in [0, 0.05) is 29.7 Å². The van der Waals surface area contributed by atoms with Crippen molar-refractivity contribution in [3.63, 3.8) is 0 Å². The zero-order valence-electron chi connectivity index (χ0n) is 11.6. The van der Waals surface area contributed by atoms with E-state index in [1.807, 2.05) is 36.1 Å². The van der Waals surface area contributed by atoms with Gasteiger partial charge < -0.3 is 4.90 Å². The Labute approximate surface area is 133 Å². The van der Waals surface area contributed by atoms with Gasteiger partial charge in [0.2, 0.25) is 0 Å². The van der Waals surface area contributed by atoms with Crippen molar-refractivity contribution < 1.29 is 4.79 Å². The molecule has 1 unspecified atom stereocenters. The summed E-state index contributed by atoms with van der Waals surface area (Å²) in [4.78, 5) is 16.5. The highest BCUT2D eigenvalue weighted by atomic mass is 127. The number of carbonyl (C=O) groups is 1. The van der Waals surface area contributed by atoms with E-state index in [-0.39, 0.29) is 11.9 Å². The van der Waals surface area contributed by atoms with Crippen LogP contribution in [0.5, 0.6) is 0 Å². The molecule has 1 aliphatic heterocycles. The molecule has 0 bridgehead atoms. The molecular formula is C15H18IN3O. The van der Waals surface area contributed by atoms with Crippen molar-refractivity contribution in [2.75, 3.05) is 26.2 Å². The fourth-order valence-electron chi connectivity index (χ4n) is 2.47. The molecule has 1 aliphatic rings. The van der Waals surface area contributed by atoms with E-state index < -0.39 is 0 Å². The smallest absolute Gasteiger partial charge is 0.255 e. The summed E-state index contributed by atoms with van der Waals surface area (Å²) in [5, 5.41) is 9.09. The molecule has 1 fully saturated rings. The van der Waals surface area contributed by atoms with Crippen LogP contribution in [-0.2, 0) is 0 Å². The van der Waals surface area contributed by atoms with Crippen LogP contribution in [0.4, 0.5) is 0 Å². The first kappa shape index (κ1) is 15.3. The van der Waals surface area contributed by atoms with E-state index in [0.29, 0.717) is 13.1 Å². The van der Waals surface area contributed by atoms with Crippen molar-refractivity contribution in [2.24, 2.45) is 0 Å². The molecule has 0 N–H and O–H groups in total. The van der Waals surface area contributed by atoms with Crippen molar-refractivity contribution in [3.8, 4) is 6.07 Å². The molecule has 1 aromatic carbocycles. The summed E-state index contributed by atoms with van der Waals surface area (Å²) in [7, 11) is 0. The van der Waals surface area contributed by atoms with Crippen LogP contribution in [0.25, 0.3) is 0 Å². The van der Waals surface area contributed by atoms with Gasteiger partial charge in [-0.3, -0.25) is 9.69 Å². The number of benzene rings is 1. The highest BCUT2D eigenvalue weighted by Crippen LogP contribution is 2.16. The SMILES string of the molecule is CCC(C#N)N1CCN(C(=O)c2ccccc2I)CC1. The third-order valence-electron chi connectivity index (χ3n) is 3.68. The van der Waals surface area contributed by atoms with E-state index >= 15 is 0 Å². The quantitative estimate of drug-likeness (QED) is 0.753. The normalized spacial score (nSPS) is 17.6. The number of hydrogen-bond acceptors (Lipinski definition) is 3. The Morgan fingerprint density at radius 2 is 2.00 bits per heavy atom.